The minimum atomic E-state index is 0.660. The van der Waals surface area contributed by atoms with E-state index in [-0.39, 0.29) is 0 Å². The molecule has 2 aliphatic heterocycles. The van der Waals surface area contributed by atoms with Crippen molar-refractivity contribution < 1.29 is 4.74 Å². The second-order valence-electron chi connectivity index (χ2n) is 7.78. The molecule has 25 heavy (non-hydrogen) atoms. The van der Waals surface area contributed by atoms with Crippen LogP contribution in [-0.2, 0) is 4.74 Å². The maximum Gasteiger partial charge on any atom is 0.193 e. The first kappa shape index (κ1) is 18.9. The summed E-state index contributed by atoms with van der Waals surface area (Å²) in [4.78, 5) is 12.1. The number of aliphatic imine (C=N–C) groups is 1. The van der Waals surface area contributed by atoms with Gasteiger partial charge in [0.1, 0.15) is 0 Å². The molecule has 1 atom stereocenters. The Bertz CT molecular complexity index is 418. The van der Waals surface area contributed by atoms with Crippen molar-refractivity contribution in [1.29, 1.82) is 0 Å². The van der Waals surface area contributed by atoms with Crippen molar-refractivity contribution >= 4 is 5.96 Å². The number of nitrogens with one attached hydrogen (secondary N) is 1. The minimum absolute atomic E-state index is 0.660. The first-order chi connectivity index (χ1) is 12.3. The average Bonchev–Trinajstić information content (AvgIpc) is 3.16. The largest absolute Gasteiger partial charge is 0.379 e. The van der Waals surface area contributed by atoms with E-state index in [1.54, 1.807) is 0 Å². The molecule has 0 aromatic rings. The van der Waals surface area contributed by atoms with Crippen molar-refractivity contribution in [2.24, 2.45) is 4.99 Å². The second-order valence-corrected chi connectivity index (χ2v) is 7.78. The van der Waals surface area contributed by atoms with Crippen LogP contribution in [0, 0.1) is 0 Å². The van der Waals surface area contributed by atoms with Crippen LogP contribution < -0.4 is 5.32 Å². The molecule has 1 saturated carbocycles. The van der Waals surface area contributed by atoms with E-state index in [0.717, 1.165) is 64.5 Å². The third kappa shape index (κ3) is 5.31. The normalized spacial score (nSPS) is 27.2. The van der Waals surface area contributed by atoms with Crippen LogP contribution in [0.5, 0.6) is 0 Å². The zero-order chi connectivity index (χ0) is 17.5. The number of likely N-dealkylation sites (tertiary alicyclic amines) is 1. The van der Waals surface area contributed by atoms with Gasteiger partial charge < -0.3 is 19.9 Å². The van der Waals surface area contributed by atoms with Crippen LogP contribution in [0.3, 0.4) is 0 Å². The Morgan fingerprint density at radius 3 is 2.60 bits per heavy atom. The summed E-state index contributed by atoms with van der Waals surface area (Å²) >= 11 is 0. The van der Waals surface area contributed by atoms with Gasteiger partial charge in [-0.1, -0.05) is 19.3 Å². The van der Waals surface area contributed by atoms with Crippen LogP contribution in [0.25, 0.3) is 0 Å². The maximum atomic E-state index is 5.48. The Labute approximate surface area is 153 Å². The average molecular weight is 352 g/mol. The SMILES string of the molecule is CN=C(NCCN(C)C1CCCCC1)N1CCC(N2CCOCC2)C1. The lowest BCUT2D eigenvalue weighted by Gasteiger charge is -2.33. The van der Waals surface area contributed by atoms with E-state index in [0.29, 0.717) is 6.04 Å². The maximum absolute atomic E-state index is 5.48. The number of rotatable bonds is 5. The first-order valence-corrected chi connectivity index (χ1v) is 10.3. The molecule has 0 aromatic carbocycles. The number of guanidine groups is 1. The summed E-state index contributed by atoms with van der Waals surface area (Å²) in [6, 6.07) is 1.45. The van der Waals surface area contributed by atoms with Crippen LogP contribution >= 0.6 is 0 Å². The molecule has 1 aliphatic carbocycles. The van der Waals surface area contributed by atoms with E-state index in [1.807, 2.05) is 7.05 Å². The van der Waals surface area contributed by atoms with Crippen LogP contribution in [0.15, 0.2) is 4.99 Å². The van der Waals surface area contributed by atoms with E-state index >= 15 is 0 Å². The summed E-state index contributed by atoms with van der Waals surface area (Å²) in [5.41, 5.74) is 0. The van der Waals surface area contributed by atoms with Crippen molar-refractivity contribution in [2.45, 2.75) is 50.6 Å². The van der Waals surface area contributed by atoms with Crippen LogP contribution in [0.1, 0.15) is 38.5 Å². The van der Waals surface area contributed by atoms with Crippen LogP contribution in [0.2, 0.25) is 0 Å². The molecular formula is C19H37N5O. The topological polar surface area (TPSA) is 43.3 Å². The van der Waals surface area contributed by atoms with Gasteiger partial charge in [-0.25, -0.2) is 0 Å². The molecule has 0 radical (unpaired) electrons. The summed E-state index contributed by atoms with van der Waals surface area (Å²) in [6.45, 7) is 8.22. The summed E-state index contributed by atoms with van der Waals surface area (Å²) in [7, 11) is 4.19. The number of hydrogen-bond acceptors (Lipinski definition) is 4. The highest BCUT2D eigenvalue weighted by atomic mass is 16.5. The van der Waals surface area contributed by atoms with Gasteiger partial charge in [0.05, 0.1) is 13.2 Å². The van der Waals surface area contributed by atoms with E-state index in [9.17, 15) is 0 Å². The smallest absolute Gasteiger partial charge is 0.193 e. The molecule has 1 N–H and O–H groups in total. The molecule has 3 aliphatic rings. The quantitative estimate of drug-likeness (QED) is 0.596. The van der Waals surface area contributed by atoms with Crippen molar-refractivity contribution in [3.8, 4) is 0 Å². The van der Waals surface area contributed by atoms with Gasteiger partial charge in [-0.3, -0.25) is 9.89 Å². The van der Waals surface area contributed by atoms with Crippen LogP contribution in [-0.4, -0.2) is 99.3 Å². The zero-order valence-electron chi connectivity index (χ0n) is 16.3. The summed E-state index contributed by atoms with van der Waals surface area (Å²) in [5.74, 6) is 1.08. The highest BCUT2D eigenvalue weighted by molar-refractivity contribution is 5.80. The number of nitrogens with zero attached hydrogens (tertiary/aromatic N) is 4. The molecule has 0 amide bonds. The third-order valence-corrected chi connectivity index (χ3v) is 6.18. The molecule has 0 spiro atoms. The lowest BCUT2D eigenvalue weighted by atomic mass is 9.94. The van der Waals surface area contributed by atoms with Gasteiger partial charge in [-0.2, -0.15) is 0 Å². The molecule has 0 bridgehead atoms. The molecular weight excluding hydrogens is 314 g/mol. The Morgan fingerprint density at radius 2 is 1.88 bits per heavy atom. The number of morpholine rings is 1. The van der Waals surface area contributed by atoms with Crippen molar-refractivity contribution in [3.63, 3.8) is 0 Å². The third-order valence-electron chi connectivity index (χ3n) is 6.18. The number of hydrogen-bond donors (Lipinski definition) is 1. The lowest BCUT2D eigenvalue weighted by Crippen LogP contribution is -2.47. The molecule has 2 heterocycles. The number of likely N-dealkylation sites (N-methyl/N-ethyl adjacent to an activating group) is 1. The van der Waals surface area contributed by atoms with E-state index in [2.05, 4.69) is 32.1 Å². The summed E-state index contributed by atoms with van der Waals surface area (Å²) in [5, 5.41) is 3.60. The molecule has 3 rings (SSSR count). The second kappa shape index (κ2) is 9.74. The zero-order valence-corrected chi connectivity index (χ0v) is 16.3. The number of ether oxygens (including phenoxy) is 1. The minimum Gasteiger partial charge on any atom is -0.379 e. The highest BCUT2D eigenvalue weighted by Gasteiger charge is 2.30. The van der Waals surface area contributed by atoms with E-state index in [1.165, 1.54) is 38.5 Å². The van der Waals surface area contributed by atoms with Crippen molar-refractivity contribution in [3.05, 3.63) is 0 Å². The summed E-state index contributed by atoms with van der Waals surface area (Å²) in [6.07, 6.45) is 8.22. The monoisotopic (exact) mass is 351 g/mol. The van der Waals surface area contributed by atoms with Crippen LogP contribution in [0.4, 0.5) is 0 Å². The predicted molar refractivity (Wildman–Crippen MR) is 103 cm³/mol. The van der Waals surface area contributed by atoms with Gasteiger partial charge in [0.25, 0.3) is 0 Å². The van der Waals surface area contributed by atoms with Gasteiger partial charge >= 0.3 is 0 Å². The fourth-order valence-corrected chi connectivity index (χ4v) is 4.56. The fraction of sp³-hybridized carbons (Fsp3) is 0.947. The summed E-state index contributed by atoms with van der Waals surface area (Å²) < 4.78 is 5.48. The van der Waals surface area contributed by atoms with Crippen molar-refractivity contribution in [2.75, 3.05) is 66.6 Å². The predicted octanol–water partition coefficient (Wildman–Crippen LogP) is 1.23. The molecule has 3 fully saturated rings. The lowest BCUT2D eigenvalue weighted by molar-refractivity contribution is 0.0195. The first-order valence-electron chi connectivity index (χ1n) is 10.3. The van der Waals surface area contributed by atoms with Gasteiger partial charge in [0.15, 0.2) is 5.96 Å². The van der Waals surface area contributed by atoms with Gasteiger partial charge in [0.2, 0.25) is 0 Å². The highest BCUT2D eigenvalue weighted by Crippen LogP contribution is 2.21. The Morgan fingerprint density at radius 1 is 1.12 bits per heavy atom. The molecule has 6 nitrogen and oxygen atoms in total. The molecule has 6 heteroatoms. The fourth-order valence-electron chi connectivity index (χ4n) is 4.56. The van der Waals surface area contributed by atoms with Gasteiger partial charge in [-0.05, 0) is 26.3 Å². The molecule has 144 valence electrons. The Kier molecular flexibility index (Phi) is 7.37. The standard InChI is InChI=1S/C19H37N5O/c1-20-19(21-9-11-22(2)17-6-4-3-5-7-17)24-10-8-18(16-24)23-12-14-25-15-13-23/h17-18H,3-16H2,1-2H3,(H,20,21). The van der Waals surface area contributed by atoms with E-state index in [4.69, 9.17) is 4.74 Å². The molecule has 2 saturated heterocycles. The van der Waals surface area contributed by atoms with Crippen molar-refractivity contribution in [1.82, 2.24) is 20.0 Å². The molecule has 0 aromatic heterocycles. The van der Waals surface area contributed by atoms with Gasteiger partial charge in [-0.15, -0.1) is 0 Å². The van der Waals surface area contributed by atoms with E-state index < -0.39 is 0 Å². The Balaban J connectivity index is 1.39. The van der Waals surface area contributed by atoms with Gasteiger partial charge in [0, 0.05) is 58.4 Å². The molecule has 1 unspecified atom stereocenters. The Hall–Kier alpha value is -0.850.